The van der Waals surface area contributed by atoms with Crippen molar-refractivity contribution in [3.63, 3.8) is 0 Å². The van der Waals surface area contributed by atoms with Gasteiger partial charge in [-0.1, -0.05) is 24.3 Å². The van der Waals surface area contributed by atoms with Gasteiger partial charge >= 0.3 is 5.97 Å². The number of carboxylic acids is 1. The first kappa shape index (κ1) is 14.1. The largest absolute Gasteiger partial charge is 0.489 e. The van der Waals surface area contributed by atoms with E-state index in [0.717, 1.165) is 11.1 Å². The van der Waals surface area contributed by atoms with E-state index >= 15 is 0 Å². The molecule has 2 rings (SSSR count). The van der Waals surface area contributed by atoms with Gasteiger partial charge in [0.25, 0.3) is 0 Å². The summed E-state index contributed by atoms with van der Waals surface area (Å²) < 4.78 is 19.5. The van der Waals surface area contributed by atoms with E-state index in [-0.39, 0.29) is 17.7 Å². The second-order valence-corrected chi connectivity index (χ2v) is 4.57. The Morgan fingerprint density at radius 3 is 2.60 bits per heavy atom. The fourth-order valence-corrected chi connectivity index (χ4v) is 1.89. The maximum atomic E-state index is 13.9. The molecule has 104 valence electrons. The first-order valence-corrected chi connectivity index (χ1v) is 6.20. The smallest absolute Gasteiger partial charge is 0.338 e. The Balaban J connectivity index is 2.21. The lowest BCUT2D eigenvalue weighted by molar-refractivity contribution is 0.0691. The zero-order valence-corrected chi connectivity index (χ0v) is 11.3. The van der Waals surface area contributed by atoms with Crippen LogP contribution in [0, 0.1) is 19.7 Å². The minimum atomic E-state index is -1.28. The van der Waals surface area contributed by atoms with Crippen molar-refractivity contribution in [2.75, 3.05) is 0 Å². The van der Waals surface area contributed by atoms with Crippen molar-refractivity contribution >= 4 is 5.97 Å². The number of benzene rings is 2. The molecule has 0 aliphatic carbocycles. The van der Waals surface area contributed by atoms with E-state index in [2.05, 4.69) is 0 Å². The molecule has 0 saturated carbocycles. The molecule has 0 heterocycles. The van der Waals surface area contributed by atoms with Crippen LogP contribution in [0.5, 0.6) is 5.75 Å². The van der Waals surface area contributed by atoms with Gasteiger partial charge in [0.1, 0.15) is 18.2 Å². The van der Waals surface area contributed by atoms with Crippen LogP contribution in [0.1, 0.15) is 27.0 Å². The quantitative estimate of drug-likeness (QED) is 0.924. The third kappa shape index (κ3) is 2.79. The van der Waals surface area contributed by atoms with Gasteiger partial charge in [-0.2, -0.15) is 0 Å². The van der Waals surface area contributed by atoms with Crippen LogP contribution in [0.3, 0.4) is 0 Å². The molecule has 4 heteroatoms. The van der Waals surface area contributed by atoms with Crippen LogP contribution in [-0.4, -0.2) is 11.1 Å². The normalized spacial score (nSPS) is 10.3. The molecule has 0 bridgehead atoms. The lowest BCUT2D eigenvalue weighted by atomic mass is 10.1. The molecule has 0 fully saturated rings. The van der Waals surface area contributed by atoms with E-state index in [1.807, 2.05) is 26.0 Å². The van der Waals surface area contributed by atoms with E-state index < -0.39 is 11.8 Å². The highest BCUT2D eigenvalue weighted by atomic mass is 19.1. The maximum absolute atomic E-state index is 13.9. The van der Waals surface area contributed by atoms with Crippen LogP contribution < -0.4 is 4.74 Å². The molecule has 0 aliphatic heterocycles. The van der Waals surface area contributed by atoms with Crippen LogP contribution in [0.4, 0.5) is 4.39 Å². The summed E-state index contributed by atoms with van der Waals surface area (Å²) in [5, 5.41) is 8.88. The number of aromatic carboxylic acids is 1. The summed E-state index contributed by atoms with van der Waals surface area (Å²) in [7, 11) is 0. The number of carboxylic acid groups (broad SMARTS) is 1. The Labute approximate surface area is 116 Å². The molecule has 2 aromatic carbocycles. The standard InChI is InChI=1S/C16H15FO3/c1-10-5-3-8-14(11(10)2)20-9-12-6-4-7-13(15(12)17)16(18)19/h3-8H,9H2,1-2H3,(H,18,19). The number of hydrogen-bond acceptors (Lipinski definition) is 2. The van der Waals surface area contributed by atoms with Crippen LogP contribution in [0.15, 0.2) is 36.4 Å². The van der Waals surface area contributed by atoms with Crippen molar-refractivity contribution in [1.82, 2.24) is 0 Å². The molecule has 0 aromatic heterocycles. The summed E-state index contributed by atoms with van der Waals surface area (Å²) in [6.07, 6.45) is 0. The van der Waals surface area contributed by atoms with Crippen molar-refractivity contribution in [1.29, 1.82) is 0 Å². The van der Waals surface area contributed by atoms with E-state index in [0.29, 0.717) is 5.75 Å². The van der Waals surface area contributed by atoms with Gasteiger partial charge in [-0.15, -0.1) is 0 Å². The van der Waals surface area contributed by atoms with E-state index in [4.69, 9.17) is 9.84 Å². The Bertz CT molecular complexity index is 650. The van der Waals surface area contributed by atoms with Gasteiger partial charge in [0.15, 0.2) is 0 Å². The van der Waals surface area contributed by atoms with Crippen molar-refractivity contribution in [2.24, 2.45) is 0 Å². The average molecular weight is 274 g/mol. The predicted molar refractivity (Wildman–Crippen MR) is 73.6 cm³/mol. The van der Waals surface area contributed by atoms with Gasteiger partial charge in [0, 0.05) is 5.56 Å². The number of aryl methyl sites for hydroxylation is 1. The van der Waals surface area contributed by atoms with Crippen molar-refractivity contribution < 1.29 is 19.0 Å². The van der Waals surface area contributed by atoms with Crippen molar-refractivity contribution in [3.05, 3.63) is 64.5 Å². The van der Waals surface area contributed by atoms with Crippen LogP contribution in [0.2, 0.25) is 0 Å². The highest BCUT2D eigenvalue weighted by molar-refractivity contribution is 5.88. The molecule has 0 aliphatic rings. The lowest BCUT2D eigenvalue weighted by Gasteiger charge is -2.12. The predicted octanol–water partition coefficient (Wildman–Crippen LogP) is 3.72. The number of rotatable bonds is 4. The molecule has 0 spiro atoms. The summed E-state index contributed by atoms with van der Waals surface area (Å²) in [4.78, 5) is 10.9. The Morgan fingerprint density at radius 2 is 1.90 bits per heavy atom. The summed E-state index contributed by atoms with van der Waals surface area (Å²) >= 11 is 0. The van der Waals surface area contributed by atoms with Crippen LogP contribution in [-0.2, 0) is 6.61 Å². The van der Waals surface area contributed by atoms with E-state index in [1.165, 1.54) is 18.2 Å². The van der Waals surface area contributed by atoms with Gasteiger partial charge in [-0.25, -0.2) is 9.18 Å². The third-order valence-electron chi connectivity index (χ3n) is 3.25. The highest BCUT2D eigenvalue weighted by Crippen LogP contribution is 2.22. The number of ether oxygens (including phenoxy) is 1. The second kappa shape index (κ2) is 5.74. The molecule has 2 aromatic rings. The Morgan fingerprint density at radius 1 is 1.20 bits per heavy atom. The minimum Gasteiger partial charge on any atom is -0.489 e. The summed E-state index contributed by atoms with van der Waals surface area (Å²) in [5.74, 6) is -1.36. The fraction of sp³-hybridized carbons (Fsp3) is 0.188. The average Bonchev–Trinajstić information content (AvgIpc) is 2.41. The van der Waals surface area contributed by atoms with Crippen molar-refractivity contribution in [2.45, 2.75) is 20.5 Å². The molecular formula is C16H15FO3. The molecule has 0 unspecified atom stereocenters. The lowest BCUT2D eigenvalue weighted by Crippen LogP contribution is -2.06. The molecule has 0 saturated heterocycles. The van der Waals surface area contributed by atoms with Gasteiger partial charge in [-0.3, -0.25) is 0 Å². The molecule has 0 amide bonds. The summed E-state index contributed by atoms with van der Waals surface area (Å²) in [6.45, 7) is 3.89. The molecule has 3 nitrogen and oxygen atoms in total. The Hall–Kier alpha value is -2.36. The first-order chi connectivity index (χ1) is 9.50. The van der Waals surface area contributed by atoms with Gasteiger partial charge in [0.05, 0.1) is 5.56 Å². The molecule has 20 heavy (non-hydrogen) atoms. The summed E-state index contributed by atoms with van der Waals surface area (Å²) in [6, 6.07) is 9.90. The van der Waals surface area contributed by atoms with E-state index in [1.54, 1.807) is 6.07 Å². The monoisotopic (exact) mass is 274 g/mol. The highest BCUT2D eigenvalue weighted by Gasteiger charge is 2.14. The fourth-order valence-electron chi connectivity index (χ4n) is 1.89. The van der Waals surface area contributed by atoms with E-state index in [9.17, 15) is 9.18 Å². The topological polar surface area (TPSA) is 46.5 Å². The number of hydrogen-bond donors (Lipinski definition) is 1. The van der Waals surface area contributed by atoms with Crippen LogP contribution in [0.25, 0.3) is 0 Å². The molecular weight excluding hydrogens is 259 g/mol. The zero-order valence-electron chi connectivity index (χ0n) is 11.3. The summed E-state index contributed by atoms with van der Waals surface area (Å²) in [5.41, 5.74) is 1.96. The van der Waals surface area contributed by atoms with Crippen molar-refractivity contribution in [3.8, 4) is 5.75 Å². The Kier molecular flexibility index (Phi) is 4.03. The maximum Gasteiger partial charge on any atom is 0.338 e. The molecule has 0 atom stereocenters. The zero-order chi connectivity index (χ0) is 14.7. The third-order valence-corrected chi connectivity index (χ3v) is 3.25. The molecule has 0 radical (unpaired) electrons. The molecule has 1 N–H and O–H groups in total. The number of halogens is 1. The number of carbonyl (C=O) groups is 1. The van der Waals surface area contributed by atoms with Gasteiger partial charge in [0.2, 0.25) is 0 Å². The second-order valence-electron chi connectivity index (χ2n) is 4.57. The van der Waals surface area contributed by atoms with Gasteiger partial charge in [-0.05, 0) is 37.1 Å². The SMILES string of the molecule is Cc1cccc(OCc2cccc(C(=O)O)c2F)c1C. The first-order valence-electron chi connectivity index (χ1n) is 6.20. The van der Waals surface area contributed by atoms with Gasteiger partial charge < -0.3 is 9.84 Å². The minimum absolute atomic E-state index is 0.00273. The van der Waals surface area contributed by atoms with Crippen LogP contribution >= 0.6 is 0 Å².